The fraction of sp³-hybridized carbons (Fsp3) is 0.182. The Kier molecular flexibility index (Phi) is 3.71. The highest BCUT2D eigenvalue weighted by Gasteiger charge is 1.99. The molecule has 3 heteroatoms. The van der Waals surface area contributed by atoms with Crippen LogP contribution in [0.3, 0.4) is 0 Å². The lowest BCUT2D eigenvalue weighted by atomic mass is 10.1. The lowest BCUT2D eigenvalue weighted by molar-refractivity contribution is 0.0697. The summed E-state index contributed by atoms with van der Waals surface area (Å²) < 4.78 is 0. The molecule has 0 bridgehead atoms. The molecule has 72 valence electrons. The van der Waals surface area contributed by atoms with Crippen LogP contribution in [0.1, 0.15) is 22.3 Å². The number of carbonyl (C=O) groups is 1. The quantitative estimate of drug-likeness (QED) is 0.684. The van der Waals surface area contributed by atoms with Crippen LogP contribution in [-0.2, 0) is 0 Å². The van der Waals surface area contributed by atoms with Gasteiger partial charge in [-0.2, -0.15) is 0 Å². The van der Waals surface area contributed by atoms with Gasteiger partial charge in [-0.15, -0.1) is 0 Å². The zero-order chi connectivity index (χ0) is 10.4. The normalized spacial score (nSPS) is 8.93. The van der Waals surface area contributed by atoms with Gasteiger partial charge in [0.15, 0.2) is 0 Å². The van der Waals surface area contributed by atoms with Gasteiger partial charge in [0.25, 0.3) is 0 Å². The predicted octanol–water partition coefficient (Wildman–Crippen LogP) is 1.09. The van der Waals surface area contributed by atoms with Crippen LogP contribution >= 0.6 is 0 Å². The van der Waals surface area contributed by atoms with Crippen LogP contribution in [0.5, 0.6) is 0 Å². The van der Waals surface area contributed by atoms with E-state index in [-0.39, 0.29) is 5.56 Å². The summed E-state index contributed by atoms with van der Waals surface area (Å²) in [6.07, 6.45) is 0.653. The van der Waals surface area contributed by atoms with Crippen molar-refractivity contribution in [3.05, 3.63) is 35.4 Å². The number of rotatable bonds is 2. The average Bonchev–Trinajstić information content (AvgIpc) is 2.19. The Morgan fingerprint density at radius 3 is 2.50 bits per heavy atom. The van der Waals surface area contributed by atoms with Crippen molar-refractivity contribution in [2.45, 2.75) is 6.42 Å². The molecule has 1 aromatic carbocycles. The highest BCUT2D eigenvalue weighted by atomic mass is 16.4. The topological polar surface area (TPSA) is 63.3 Å². The number of carboxylic acid groups (broad SMARTS) is 1. The largest absolute Gasteiger partial charge is 0.478 e. The van der Waals surface area contributed by atoms with Crippen molar-refractivity contribution in [3.8, 4) is 11.8 Å². The number of nitrogens with two attached hydrogens (primary N) is 1. The predicted molar refractivity (Wildman–Crippen MR) is 54.0 cm³/mol. The molecule has 1 rings (SSSR count). The van der Waals surface area contributed by atoms with E-state index in [1.165, 1.54) is 12.1 Å². The van der Waals surface area contributed by atoms with Gasteiger partial charge < -0.3 is 10.8 Å². The molecular formula is C11H11NO2. The van der Waals surface area contributed by atoms with E-state index in [2.05, 4.69) is 11.8 Å². The van der Waals surface area contributed by atoms with Crippen molar-refractivity contribution < 1.29 is 9.90 Å². The molecule has 0 radical (unpaired) electrons. The van der Waals surface area contributed by atoms with Gasteiger partial charge in [0.05, 0.1) is 5.56 Å². The molecule has 0 atom stereocenters. The Hall–Kier alpha value is -1.79. The first kappa shape index (κ1) is 10.3. The van der Waals surface area contributed by atoms with E-state index in [9.17, 15) is 4.79 Å². The Labute approximate surface area is 82.6 Å². The minimum absolute atomic E-state index is 0.273. The molecule has 0 aliphatic carbocycles. The maximum atomic E-state index is 10.5. The third kappa shape index (κ3) is 2.92. The Bertz CT molecular complexity index is 371. The third-order valence-electron chi connectivity index (χ3n) is 1.63. The third-order valence-corrected chi connectivity index (χ3v) is 1.63. The lowest BCUT2D eigenvalue weighted by Gasteiger charge is -1.93. The van der Waals surface area contributed by atoms with E-state index in [1.54, 1.807) is 12.1 Å². The van der Waals surface area contributed by atoms with Gasteiger partial charge in [0.1, 0.15) is 0 Å². The molecule has 0 saturated carbocycles. The fourth-order valence-corrected chi connectivity index (χ4v) is 0.933. The fourth-order valence-electron chi connectivity index (χ4n) is 0.933. The summed E-state index contributed by atoms with van der Waals surface area (Å²) >= 11 is 0. The summed E-state index contributed by atoms with van der Waals surface area (Å²) in [7, 11) is 0. The van der Waals surface area contributed by atoms with Crippen molar-refractivity contribution >= 4 is 5.97 Å². The summed E-state index contributed by atoms with van der Waals surface area (Å²) in [6, 6.07) is 6.45. The lowest BCUT2D eigenvalue weighted by Crippen LogP contribution is -1.96. The first-order valence-electron chi connectivity index (χ1n) is 4.26. The molecule has 3 nitrogen and oxygen atoms in total. The Morgan fingerprint density at radius 1 is 1.36 bits per heavy atom. The summed E-state index contributed by atoms with van der Waals surface area (Å²) in [5.74, 6) is 4.84. The van der Waals surface area contributed by atoms with Crippen LogP contribution < -0.4 is 5.73 Å². The number of benzene rings is 1. The van der Waals surface area contributed by atoms with E-state index in [4.69, 9.17) is 10.8 Å². The second-order valence-corrected chi connectivity index (χ2v) is 2.72. The molecule has 0 aliphatic heterocycles. The van der Waals surface area contributed by atoms with Crippen molar-refractivity contribution in [2.24, 2.45) is 5.73 Å². The van der Waals surface area contributed by atoms with Crippen molar-refractivity contribution in [1.82, 2.24) is 0 Å². The Balaban J connectivity index is 2.75. The van der Waals surface area contributed by atoms with E-state index >= 15 is 0 Å². The first-order chi connectivity index (χ1) is 6.74. The SMILES string of the molecule is NCCC#Cc1ccc(C(=O)O)cc1. The monoisotopic (exact) mass is 189 g/mol. The van der Waals surface area contributed by atoms with E-state index in [0.717, 1.165) is 5.56 Å². The molecule has 0 aliphatic rings. The van der Waals surface area contributed by atoms with Crippen LogP contribution in [0.15, 0.2) is 24.3 Å². The maximum Gasteiger partial charge on any atom is 0.335 e. The Morgan fingerprint density at radius 2 is 2.00 bits per heavy atom. The van der Waals surface area contributed by atoms with Crippen molar-refractivity contribution in [2.75, 3.05) is 6.54 Å². The van der Waals surface area contributed by atoms with Crippen molar-refractivity contribution in [1.29, 1.82) is 0 Å². The van der Waals surface area contributed by atoms with Crippen LogP contribution in [0.2, 0.25) is 0 Å². The number of hydrogen-bond donors (Lipinski definition) is 2. The number of hydrogen-bond acceptors (Lipinski definition) is 2. The van der Waals surface area contributed by atoms with Crippen LogP contribution in [0, 0.1) is 11.8 Å². The van der Waals surface area contributed by atoms with Gasteiger partial charge >= 0.3 is 5.97 Å². The van der Waals surface area contributed by atoms with Gasteiger partial charge in [-0.05, 0) is 24.3 Å². The average molecular weight is 189 g/mol. The standard InChI is InChI=1S/C11H11NO2/c12-8-2-1-3-9-4-6-10(7-5-9)11(13)14/h4-7H,2,8,12H2,(H,13,14). The van der Waals surface area contributed by atoms with E-state index < -0.39 is 5.97 Å². The molecule has 14 heavy (non-hydrogen) atoms. The second kappa shape index (κ2) is 5.05. The molecule has 3 N–H and O–H groups in total. The molecule has 0 unspecified atom stereocenters. The molecule has 0 amide bonds. The highest BCUT2D eigenvalue weighted by Crippen LogP contribution is 2.02. The molecule has 0 aromatic heterocycles. The van der Waals surface area contributed by atoms with Crippen LogP contribution in [0.4, 0.5) is 0 Å². The second-order valence-electron chi connectivity index (χ2n) is 2.72. The number of aromatic carboxylic acids is 1. The first-order valence-corrected chi connectivity index (χ1v) is 4.26. The summed E-state index contributed by atoms with van der Waals surface area (Å²) in [5, 5.41) is 8.64. The van der Waals surface area contributed by atoms with Gasteiger partial charge in [-0.1, -0.05) is 11.8 Å². The molecule has 0 saturated heterocycles. The molecular weight excluding hydrogens is 178 g/mol. The summed E-state index contributed by atoms with van der Waals surface area (Å²) in [6.45, 7) is 0.542. The number of carboxylic acids is 1. The minimum Gasteiger partial charge on any atom is -0.478 e. The van der Waals surface area contributed by atoms with Crippen LogP contribution in [-0.4, -0.2) is 17.6 Å². The zero-order valence-corrected chi connectivity index (χ0v) is 7.66. The van der Waals surface area contributed by atoms with E-state index in [1.807, 2.05) is 0 Å². The minimum atomic E-state index is -0.925. The summed E-state index contributed by atoms with van der Waals surface area (Å²) in [5.41, 5.74) is 6.36. The van der Waals surface area contributed by atoms with Gasteiger partial charge in [-0.25, -0.2) is 4.79 Å². The molecule has 0 spiro atoms. The van der Waals surface area contributed by atoms with Crippen molar-refractivity contribution in [3.63, 3.8) is 0 Å². The zero-order valence-electron chi connectivity index (χ0n) is 7.66. The van der Waals surface area contributed by atoms with Gasteiger partial charge in [0, 0.05) is 18.5 Å². The smallest absolute Gasteiger partial charge is 0.335 e. The van der Waals surface area contributed by atoms with Gasteiger partial charge in [-0.3, -0.25) is 0 Å². The van der Waals surface area contributed by atoms with Gasteiger partial charge in [0.2, 0.25) is 0 Å². The van der Waals surface area contributed by atoms with E-state index in [0.29, 0.717) is 13.0 Å². The molecule has 1 aromatic rings. The highest BCUT2D eigenvalue weighted by molar-refractivity contribution is 5.87. The molecule has 0 heterocycles. The molecule has 0 fully saturated rings. The maximum absolute atomic E-state index is 10.5. The summed E-state index contributed by atoms with van der Waals surface area (Å²) in [4.78, 5) is 10.5. The van der Waals surface area contributed by atoms with Crippen LogP contribution in [0.25, 0.3) is 0 Å².